The SMILES string of the molecule is Cc1ccc(C)c(COC(=O)c2cnn(C)c2C)c1. The molecule has 0 N–H and O–H groups in total. The maximum Gasteiger partial charge on any atom is 0.341 e. The average Bonchev–Trinajstić information content (AvgIpc) is 2.71. The molecule has 0 bridgehead atoms. The van der Waals surface area contributed by atoms with E-state index in [9.17, 15) is 4.79 Å². The van der Waals surface area contributed by atoms with Gasteiger partial charge in [0.2, 0.25) is 0 Å². The molecular formula is C15H18N2O2. The Hall–Kier alpha value is -2.10. The zero-order chi connectivity index (χ0) is 14.0. The highest BCUT2D eigenvalue weighted by atomic mass is 16.5. The van der Waals surface area contributed by atoms with E-state index in [4.69, 9.17) is 4.74 Å². The molecule has 2 rings (SSSR count). The summed E-state index contributed by atoms with van der Waals surface area (Å²) in [6.07, 6.45) is 1.54. The van der Waals surface area contributed by atoms with Gasteiger partial charge in [-0.05, 0) is 31.9 Å². The van der Waals surface area contributed by atoms with E-state index in [0.29, 0.717) is 12.2 Å². The molecule has 0 aliphatic rings. The summed E-state index contributed by atoms with van der Waals surface area (Å²) in [5.41, 5.74) is 4.66. The highest BCUT2D eigenvalue weighted by molar-refractivity contribution is 5.90. The molecule has 100 valence electrons. The lowest BCUT2D eigenvalue weighted by atomic mass is 10.1. The summed E-state index contributed by atoms with van der Waals surface area (Å²) in [5, 5.41) is 4.04. The molecule has 1 heterocycles. The quantitative estimate of drug-likeness (QED) is 0.795. The Labute approximate surface area is 113 Å². The van der Waals surface area contributed by atoms with Gasteiger partial charge in [0.05, 0.1) is 6.20 Å². The number of esters is 1. The fraction of sp³-hybridized carbons (Fsp3) is 0.333. The number of rotatable bonds is 3. The second-order valence-electron chi connectivity index (χ2n) is 4.77. The van der Waals surface area contributed by atoms with E-state index in [1.807, 2.05) is 39.0 Å². The molecule has 1 aromatic heterocycles. The first kappa shape index (κ1) is 13.3. The van der Waals surface area contributed by atoms with Crippen molar-refractivity contribution in [1.29, 1.82) is 0 Å². The highest BCUT2D eigenvalue weighted by Gasteiger charge is 2.14. The maximum absolute atomic E-state index is 12.0. The van der Waals surface area contributed by atoms with Crippen LogP contribution in [0.5, 0.6) is 0 Å². The number of hydrogen-bond acceptors (Lipinski definition) is 3. The zero-order valence-corrected chi connectivity index (χ0v) is 11.7. The first-order chi connectivity index (χ1) is 8.99. The van der Waals surface area contributed by atoms with Crippen molar-refractivity contribution < 1.29 is 9.53 Å². The van der Waals surface area contributed by atoms with Crippen LogP contribution in [-0.4, -0.2) is 15.7 Å². The molecule has 19 heavy (non-hydrogen) atoms. The molecule has 1 aromatic carbocycles. The summed E-state index contributed by atoms with van der Waals surface area (Å²) in [6.45, 7) is 6.18. The topological polar surface area (TPSA) is 44.1 Å². The van der Waals surface area contributed by atoms with Gasteiger partial charge in [-0.1, -0.05) is 23.8 Å². The first-order valence-electron chi connectivity index (χ1n) is 6.21. The monoisotopic (exact) mass is 258 g/mol. The smallest absolute Gasteiger partial charge is 0.341 e. The second-order valence-corrected chi connectivity index (χ2v) is 4.77. The van der Waals surface area contributed by atoms with E-state index < -0.39 is 0 Å². The van der Waals surface area contributed by atoms with Crippen molar-refractivity contribution in [2.45, 2.75) is 27.4 Å². The largest absolute Gasteiger partial charge is 0.457 e. The summed E-state index contributed by atoms with van der Waals surface area (Å²) in [4.78, 5) is 12.0. The van der Waals surface area contributed by atoms with Crippen molar-refractivity contribution >= 4 is 5.97 Å². The normalized spacial score (nSPS) is 10.5. The number of nitrogens with zero attached hydrogens (tertiary/aromatic N) is 2. The van der Waals surface area contributed by atoms with Crippen LogP contribution in [-0.2, 0) is 18.4 Å². The fourth-order valence-corrected chi connectivity index (χ4v) is 1.88. The standard InChI is InChI=1S/C15H18N2O2/c1-10-5-6-11(2)13(7-10)9-19-15(18)14-8-16-17(4)12(14)3/h5-8H,9H2,1-4H3. The lowest BCUT2D eigenvalue weighted by Gasteiger charge is -2.08. The fourth-order valence-electron chi connectivity index (χ4n) is 1.88. The van der Waals surface area contributed by atoms with Crippen molar-refractivity contribution in [3.8, 4) is 0 Å². The van der Waals surface area contributed by atoms with Crippen molar-refractivity contribution in [2.24, 2.45) is 7.05 Å². The molecule has 0 saturated carbocycles. The molecule has 0 unspecified atom stereocenters. The third-order valence-corrected chi connectivity index (χ3v) is 3.32. The Kier molecular flexibility index (Phi) is 3.69. The van der Waals surface area contributed by atoms with Crippen LogP contribution in [0.3, 0.4) is 0 Å². The van der Waals surface area contributed by atoms with Crippen LogP contribution in [0.2, 0.25) is 0 Å². The number of hydrogen-bond donors (Lipinski definition) is 0. The van der Waals surface area contributed by atoms with E-state index >= 15 is 0 Å². The molecule has 0 aliphatic heterocycles. The minimum atomic E-state index is -0.327. The summed E-state index contributed by atoms with van der Waals surface area (Å²) in [6, 6.07) is 6.12. The molecule has 0 atom stereocenters. The first-order valence-corrected chi connectivity index (χ1v) is 6.21. The van der Waals surface area contributed by atoms with Crippen molar-refractivity contribution in [1.82, 2.24) is 9.78 Å². The number of benzene rings is 1. The van der Waals surface area contributed by atoms with E-state index in [1.54, 1.807) is 17.9 Å². The third kappa shape index (κ3) is 2.84. The Morgan fingerprint density at radius 2 is 2.05 bits per heavy atom. The number of carbonyl (C=O) groups is 1. The van der Waals surface area contributed by atoms with Gasteiger partial charge >= 0.3 is 5.97 Å². The van der Waals surface area contributed by atoms with Gasteiger partial charge in [0, 0.05) is 12.7 Å². The van der Waals surface area contributed by atoms with E-state index in [0.717, 1.165) is 22.4 Å². The minimum absolute atomic E-state index is 0.292. The molecule has 0 aliphatic carbocycles. The van der Waals surface area contributed by atoms with Crippen LogP contribution in [0.4, 0.5) is 0 Å². The lowest BCUT2D eigenvalue weighted by Crippen LogP contribution is -2.07. The average molecular weight is 258 g/mol. The Morgan fingerprint density at radius 1 is 1.32 bits per heavy atom. The number of ether oxygens (including phenoxy) is 1. The molecule has 0 spiro atoms. The van der Waals surface area contributed by atoms with Crippen LogP contribution in [0, 0.1) is 20.8 Å². The number of carbonyl (C=O) groups excluding carboxylic acids is 1. The van der Waals surface area contributed by atoms with Gasteiger partial charge in [0.15, 0.2) is 0 Å². The molecule has 2 aromatic rings. The Balaban J connectivity index is 2.08. The molecular weight excluding hydrogens is 240 g/mol. The maximum atomic E-state index is 12.0. The number of aryl methyl sites for hydroxylation is 3. The molecule has 0 amide bonds. The summed E-state index contributed by atoms with van der Waals surface area (Å²) >= 11 is 0. The van der Waals surface area contributed by atoms with Gasteiger partial charge in [0.25, 0.3) is 0 Å². The summed E-state index contributed by atoms with van der Waals surface area (Å²) < 4.78 is 7.01. The Morgan fingerprint density at radius 3 is 2.68 bits per heavy atom. The van der Waals surface area contributed by atoms with Crippen LogP contribution in [0.15, 0.2) is 24.4 Å². The van der Waals surface area contributed by atoms with Crippen LogP contribution < -0.4 is 0 Å². The molecule has 4 heteroatoms. The van der Waals surface area contributed by atoms with Gasteiger partial charge in [-0.2, -0.15) is 5.10 Å². The Bertz CT molecular complexity index is 615. The highest BCUT2D eigenvalue weighted by Crippen LogP contribution is 2.14. The molecule has 4 nitrogen and oxygen atoms in total. The third-order valence-electron chi connectivity index (χ3n) is 3.32. The predicted octanol–water partition coefficient (Wildman–Crippen LogP) is 2.70. The van der Waals surface area contributed by atoms with E-state index in [1.165, 1.54) is 0 Å². The summed E-state index contributed by atoms with van der Waals surface area (Å²) in [5.74, 6) is -0.327. The molecule has 0 radical (unpaired) electrons. The van der Waals surface area contributed by atoms with E-state index in [-0.39, 0.29) is 5.97 Å². The van der Waals surface area contributed by atoms with Crippen LogP contribution in [0.25, 0.3) is 0 Å². The van der Waals surface area contributed by atoms with Gasteiger partial charge in [-0.25, -0.2) is 4.79 Å². The second kappa shape index (κ2) is 5.26. The van der Waals surface area contributed by atoms with Gasteiger partial charge in [0.1, 0.15) is 12.2 Å². The molecule has 0 fully saturated rings. The van der Waals surface area contributed by atoms with Gasteiger partial charge in [-0.15, -0.1) is 0 Å². The van der Waals surface area contributed by atoms with Crippen molar-refractivity contribution in [3.05, 3.63) is 52.3 Å². The van der Waals surface area contributed by atoms with E-state index in [2.05, 4.69) is 5.10 Å². The minimum Gasteiger partial charge on any atom is -0.457 e. The lowest BCUT2D eigenvalue weighted by molar-refractivity contribution is 0.0471. The van der Waals surface area contributed by atoms with Gasteiger partial charge in [-0.3, -0.25) is 4.68 Å². The zero-order valence-electron chi connectivity index (χ0n) is 11.7. The molecule has 0 saturated heterocycles. The van der Waals surface area contributed by atoms with Gasteiger partial charge < -0.3 is 4.74 Å². The van der Waals surface area contributed by atoms with Crippen molar-refractivity contribution in [2.75, 3.05) is 0 Å². The predicted molar refractivity (Wildman–Crippen MR) is 73.0 cm³/mol. The summed E-state index contributed by atoms with van der Waals surface area (Å²) in [7, 11) is 1.80. The van der Waals surface area contributed by atoms with Crippen LogP contribution >= 0.6 is 0 Å². The van der Waals surface area contributed by atoms with Crippen molar-refractivity contribution in [3.63, 3.8) is 0 Å². The number of aromatic nitrogens is 2. The van der Waals surface area contributed by atoms with Crippen LogP contribution in [0.1, 0.15) is 32.7 Å².